The van der Waals surface area contributed by atoms with Gasteiger partial charge in [-0.2, -0.15) is 0 Å². The maximum absolute atomic E-state index is 13.2. The van der Waals surface area contributed by atoms with Gasteiger partial charge in [-0.3, -0.25) is 0 Å². The van der Waals surface area contributed by atoms with Crippen LogP contribution in [0.1, 0.15) is 31.1 Å². The highest BCUT2D eigenvalue weighted by Crippen LogP contribution is 2.23. The lowest BCUT2D eigenvalue weighted by molar-refractivity contribution is 0.0691. The van der Waals surface area contributed by atoms with Crippen molar-refractivity contribution in [3.05, 3.63) is 29.6 Å². The van der Waals surface area contributed by atoms with E-state index in [9.17, 15) is 17.6 Å². The number of carboxylic acids is 1. The third-order valence-corrected chi connectivity index (χ3v) is 6.58. The van der Waals surface area contributed by atoms with Crippen LogP contribution in [0.15, 0.2) is 23.1 Å². The van der Waals surface area contributed by atoms with Gasteiger partial charge in [0.2, 0.25) is 0 Å². The number of halogens is 1. The molecule has 0 unspecified atom stereocenters. The van der Waals surface area contributed by atoms with Crippen molar-refractivity contribution in [2.75, 3.05) is 11.5 Å². The molecule has 1 N–H and O–H groups in total. The smallest absolute Gasteiger partial charge is 0.338 e. The quantitative estimate of drug-likeness (QED) is 0.845. The van der Waals surface area contributed by atoms with Crippen LogP contribution in [-0.2, 0) is 9.84 Å². The van der Waals surface area contributed by atoms with Gasteiger partial charge >= 0.3 is 5.97 Å². The normalized spacial score (nSPS) is 12.4. The predicted octanol–water partition coefficient (Wildman–Crippen LogP) is 2.83. The lowest BCUT2D eigenvalue weighted by Crippen LogP contribution is -2.31. The summed E-state index contributed by atoms with van der Waals surface area (Å²) in [4.78, 5) is 11.3. The van der Waals surface area contributed by atoms with Crippen LogP contribution >= 0.6 is 11.8 Å². The summed E-state index contributed by atoms with van der Waals surface area (Å²) in [5.74, 6) is -1.86. The van der Waals surface area contributed by atoms with Gasteiger partial charge in [-0.15, -0.1) is 11.8 Å². The number of carboxylic acid groups (broad SMARTS) is 1. The average Bonchev–Trinajstić information content (AvgIpc) is 2.29. The van der Waals surface area contributed by atoms with Crippen LogP contribution < -0.4 is 0 Å². The molecule has 0 aromatic heterocycles. The van der Waals surface area contributed by atoms with Gasteiger partial charge in [-0.05, 0) is 39.0 Å². The van der Waals surface area contributed by atoms with E-state index in [1.54, 1.807) is 20.8 Å². The van der Waals surface area contributed by atoms with E-state index in [0.29, 0.717) is 10.6 Å². The van der Waals surface area contributed by atoms with Gasteiger partial charge in [0.15, 0.2) is 9.84 Å². The minimum Gasteiger partial charge on any atom is -0.478 e. The number of hydrogen-bond donors (Lipinski definition) is 1. The molecule has 0 aliphatic rings. The molecule has 0 heterocycles. The molecule has 0 atom stereocenters. The second-order valence-electron chi connectivity index (χ2n) is 5.23. The maximum Gasteiger partial charge on any atom is 0.338 e. The van der Waals surface area contributed by atoms with Crippen LogP contribution in [0.3, 0.4) is 0 Å². The van der Waals surface area contributed by atoms with E-state index in [4.69, 9.17) is 5.11 Å². The van der Waals surface area contributed by atoms with E-state index < -0.39 is 31.9 Å². The maximum atomic E-state index is 13.2. The number of carbonyl (C=O) groups is 1. The second kappa shape index (κ2) is 6.13. The van der Waals surface area contributed by atoms with Gasteiger partial charge in [0.1, 0.15) is 5.82 Å². The summed E-state index contributed by atoms with van der Waals surface area (Å²) >= 11 is 1.19. The molecule has 0 saturated heterocycles. The molecule has 112 valence electrons. The minimum absolute atomic E-state index is 0.0129. The van der Waals surface area contributed by atoms with Crippen molar-refractivity contribution in [2.45, 2.75) is 30.4 Å². The summed E-state index contributed by atoms with van der Waals surface area (Å²) in [6.45, 7) is 4.90. The van der Waals surface area contributed by atoms with E-state index in [1.165, 1.54) is 23.9 Å². The summed E-state index contributed by atoms with van der Waals surface area (Å²) in [7, 11) is -3.21. The van der Waals surface area contributed by atoms with Crippen LogP contribution in [0.5, 0.6) is 0 Å². The third kappa shape index (κ3) is 4.21. The zero-order valence-corrected chi connectivity index (χ0v) is 13.1. The Hall–Kier alpha value is -1.08. The van der Waals surface area contributed by atoms with Gasteiger partial charge in [0, 0.05) is 10.6 Å². The number of rotatable bonds is 5. The fourth-order valence-electron chi connectivity index (χ4n) is 1.33. The molecule has 4 nitrogen and oxygen atoms in total. The zero-order valence-electron chi connectivity index (χ0n) is 11.5. The lowest BCUT2D eigenvalue weighted by atomic mass is 10.2. The molecule has 0 radical (unpaired) electrons. The summed E-state index contributed by atoms with van der Waals surface area (Å²) in [6, 6.07) is 3.73. The molecule has 20 heavy (non-hydrogen) atoms. The number of benzene rings is 1. The Balaban J connectivity index is 2.73. The number of hydrogen-bond acceptors (Lipinski definition) is 4. The van der Waals surface area contributed by atoms with Crippen molar-refractivity contribution < 1.29 is 22.7 Å². The fraction of sp³-hybridized carbons (Fsp3) is 0.462. The molecule has 0 aliphatic heterocycles. The number of aromatic carboxylic acids is 1. The highest BCUT2D eigenvalue weighted by atomic mass is 32.2. The Bertz CT molecular complexity index is 603. The monoisotopic (exact) mass is 320 g/mol. The molecule has 0 saturated carbocycles. The van der Waals surface area contributed by atoms with Gasteiger partial charge in [0.25, 0.3) is 0 Å². The van der Waals surface area contributed by atoms with Gasteiger partial charge < -0.3 is 5.11 Å². The SMILES string of the molecule is CC(C)(C)S(=O)(=O)CCSc1ccc(F)c(C(=O)O)c1. The molecule has 1 aromatic rings. The topological polar surface area (TPSA) is 71.4 Å². The average molecular weight is 320 g/mol. The summed E-state index contributed by atoms with van der Waals surface area (Å²) < 4.78 is 36.2. The first-order valence-corrected chi connectivity index (χ1v) is 8.56. The Kier molecular flexibility index (Phi) is 5.21. The van der Waals surface area contributed by atoms with Gasteiger partial charge in [0.05, 0.1) is 16.1 Å². The van der Waals surface area contributed by atoms with E-state index in [2.05, 4.69) is 0 Å². The summed E-state index contributed by atoms with van der Waals surface area (Å²) in [5, 5.41) is 8.81. The van der Waals surface area contributed by atoms with E-state index in [1.807, 2.05) is 0 Å². The van der Waals surface area contributed by atoms with E-state index in [-0.39, 0.29) is 5.75 Å². The van der Waals surface area contributed by atoms with E-state index in [0.717, 1.165) is 6.07 Å². The van der Waals surface area contributed by atoms with Crippen molar-refractivity contribution in [3.63, 3.8) is 0 Å². The van der Waals surface area contributed by atoms with Crippen molar-refractivity contribution in [3.8, 4) is 0 Å². The molecule has 0 spiro atoms. The molecular weight excluding hydrogens is 303 g/mol. The van der Waals surface area contributed by atoms with Gasteiger partial charge in [-0.1, -0.05) is 0 Å². The molecule has 7 heteroatoms. The minimum atomic E-state index is -3.21. The zero-order chi connectivity index (χ0) is 15.6. The standard InChI is InChI=1S/C13H17FO4S2/c1-13(2,3)20(17,18)7-6-19-9-4-5-11(14)10(8-9)12(15)16/h4-5,8H,6-7H2,1-3H3,(H,15,16). The lowest BCUT2D eigenvalue weighted by Gasteiger charge is -2.18. The second-order valence-corrected chi connectivity index (χ2v) is 9.26. The Labute approximate surface area is 122 Å². The number of sulfone groups is 1. The van der Waals surface area contributed by atoms with E-state index >= 15 is 0 Å². The number of thioether (sulfide) groups is 1. The highest BCUT2D eigenvalue weighted by Gasteiger charge is 2.28. The van der Waals surface area contributed by atoms with Crippen LogP contribution in [0.25, 0.3) is 0 Å². The highest BCUT2D eigenvalue weighted by molar-refractivity contribution is 8.01. The predicted molar refractivity (Wildman–Crippen MR) is 77.6 cm³/mol. The van der Waals surface area contributed by atoms with Crippen LogP contribution in [-0.4, -0.2) is 35.7 Å². The van der Waals surface area contributed by atoms with Crippen LogP contribution in [0.2, 0.25) is 0 Å². The molecule has 1 rings (SSSR count). The van der Waals surface area contributed by atoms with Crippen molar-refractivity contribution in [1.82, 2.24) is 0 Å². The van der Waals surface area contributed by atoms with Crippen molar-refractivity contribution in [2.24, 2.45) is 0 Å². The van der Waals surface area contributed by atoms with Crippen molar-refractivity contribution >= 4 is 27.6 Å². The van der Waals surface area contributed by atoms with Crippen LogP contribution in [0.4, 0.5) is 4.39 Å². The summed E-state index contributed by atoms with van der Waals surface area (Å²) in [6.07, 6.45) is 0. The molecule has 0 amide bonds. The molecule has 0 bridgehead atoms. The first kappa shape index (κ1) is 17.0. The molecule has 0 aliphatic carbocycles. The van der Waals surface area contributed by atoms with Gasteiger partial charge in [-0.25, -0.2) is 17.6 Å². The van der Waals surface area contributed by atoms with Crippen molar-refractivity contribution in [1.29, 1.82) is 0 Å². The fourth-order valence-corrected chi connectivity index (χ4v) is 3.76. The molecular formula is C13H17FO4S2. The molecule has 1 aromatic carbocycles. The largest absolute Gasteiger partial charge is 0.478 e. The Morgan fingerprint density at radius 2 is 1.95 bits per heavy atom. The van der Waals surface area contributed by atoms with Crippen LogP contribution in [0, 0.1) is 5.82 Å². The Morgan fingerprint density at radius 3 is 2.45 bits per heavy atom. The Morgan fingerprint density at radius 1 is 1.35 bits per heavy atom. The first-order chi connectivity index (χ1) is 9.04. The third-order valence-electron chi connectivity index (χ3n) is 2.72. The molecule has 0 fully saturated rings. The summed E-state index contributed by atoms with van der Waals surface area (Å²) in [5.41, 5.74) is -0.409. The first-order valence-electron chi connectivity index (χ1n) is 5.92.